The smallest absolute Gasteiger partial charge is 0.217 e. The molecule has 1 amide bonds. The summed E-state index contributed by atoms with van der Waals surface area (Å²) in [5, 5.41) is 2.37. The van der Waals surface area contributed by atoms with Crippen LogP contribution in [0.25, 0.3) is 0 Å². The lowest BCUT2D eigenvalue weighted by molar-refractivity contribution is -0.120. The molecule has 1 aromatic rings. The Kier molecular flexibility index (Phi) is 3.05. The van der Waals surface area contributed by atoms with Crippen molar-refractivity contribution in [1.82, 2.24) is 5.32 Å². The van der Waals surface area contributed by atoms with Crippen LogP contribution in [0.5, 0.6) is 0 Å². The van der Waals surface area contributed by atoms with Gasteiger partial charge >= 0.3 is 0 Å². The zero-order chi connectivity index (χ0) is 13.1. The fourth-order valence-electron chi connectivity index (χ4n) is 1.20. The molecule has 0 spiro atoms. The zero-order valence-corrected chi connectivity index (χ0v) is 8.78. The van der Waals surface area contributed by atoms with Crippen molar-refractivity contribution in [2.45, 2.75) is 26.3 Å². The molecule has 80 valence electrons. The molecular weight excluding hydrogens is 190 g/mol. The van der Waals surface area contributed by atoms with Crippen LogP contribution in [0.15, 0.2) is 30.3 Å². The molecule has 0 aliphatic carbocycles. The van der Waals surface area contributed by atoms with Gasteiger partial charge < -0.3 is 5.32 Å². The van der Waals surface area contributed by atoms with E-state index >= 15 is 0 Å². The van der Waals surface area contributed by atoms with E-state index in [4.69, 9.17) is 2.74 Å². The molecular formula is C12H15NO2. The molecule has 2 atom stereocenters. The first-order valence-electron chi connectivity index (χ1n) is 5.72. The fraction of sp³-hybridized carbons (Fsp3) is 0.333. The van der Waals surface area contributed by atoms with Gasteiger partial charge in [-0.25, -0.2) is 0 Å². The highest BCUT2D eigenvalue weighted by atomic mass is 16.1. The Balaban J connectivity index is 3.19. The zero-order valence-electron chi connectivity index (χ0n) is 10.8. The van der Waals surface area contributed by atoms with Crippen molar-refractivity contribution in [2.75, 3.05) is 0 Å². The predicted molar refractivity (Wildman–Crippen MR) is 58.3 cm³/mol. The number of amides is 1. The van der Waals surface area contributed by atoms with Gasteiger partial charge in [-0.1, -0.05) is 30.3 Å². The van der Waals surface area contributed by atoms with Crippen LogP contribution in [-0.2, 0) is 9.59 Å². The third kappa shape index (κ3) is 3.94. The summed E-state index contributed by atoms with van der Waals surface area (Å²) >= 11 is 0. The lowest BCUT2D eigenvalue weighted by atomic mass is 10.0. The van der Waals surface area contributed by atoms with E-state index < -0.39 is 24.1 Å². The van der Waals surface area contributed by atoms with E-state index in [-0.39, 0.29) is 0 Å². The molecule has 1 aromatic carbocycles. The number of nitrogens with one attached hydrogen (secondary N) is 1. The first kappa shape index (κ1) is 8.65. The minimum absolute atomic E-state index is 0.422. The molecule has 0 saturated heterocycles. The Morgan fingerprint density at radius 3 is 2.47 bits per heavy atom. The monoisotopic (exact) mass is 207 g/mol. The van der Waals surface area contributed by atoms with Crippen LogP contribution in [0, 0.1) is 0 Å². The van der Waals surface area contributed by atoms with E-state index in [2.05, 4.69) is 5.32 Å². The Hall–Kier alpha value is -1.64. The number of hydrogen-bond donors (Lipinski definition) is 1. The summed E-state index contributed by atoms with van der Waals surface area (Å²) in [4.78, 5) is 22.4. The van der Waals surface area contributed by atoms with E-state index in [1.165, 1.54) is 13.8 Å². The Morgan fingerprint density at radius 2 is 2.00 bits per heavy atom. The third-order valence-corrected chi connectivity index (χ3v) is 1.74. The van der Waals surface area contributed by atoms with Gasteiger partial charge in [-0.15, -0.1) is 0 Å². The molecule has 2 unspecified atom stereocenters. The van der Waals surface area contributed by atoms with Gasteiger partial charge in [0.15, 0.2) is 0 Å². The molecule has 0 radical (unpaired) electrons. The van der Waals surface area contributed by atoms with Crippen LogP contribution >= 0.6 is 0 Å². The second kappa shape index (κ2) is 5.29. The van der Waals surface area contributed by atoms with E-state index in [1.54, 1.807) is 30.3 Å². The average molecular weight is 207 g/mol. The fourth-order valence-corrected chi connectivity index (χ4v) is 1.20. The van der Waals surface area contributed by atoms with Crippen molar-refractivity contribution >= 4 is 11.7 Å². The van der Waals surface area contributed by atoms with Crippen molar-refractivity contribution in [2.24, 2.45) is 0 Å². The third-order valence-electron chi connectivity index (χ3n) is 1.74. The highest BCUT2D eigenvalue weighted by Crippen LogP contribution is 2.16. The number of Topliss-reactive ketones (excluding diaryl/α,β-unsaturated/α-hetero) is 1. The second-order valence-electron chi connectivity index (χ2n) is 3.22. The van der Waals surface area contributed by atoms with E-state index in [0.29, 0.717) is 5.56 Å². The van der Waals surface area contributed by atoms with Crippen LogP contribution in [-0.4, -0.2) is 11.7 Å². The number of hydrogen-bond acceptors (Lipinski definition) is 2. The summed E-state index contributed by atoms with van der Waals surface area (Å²) in [5.74, 6) is -0.903. The topological polar surface area (TPSA) is 46.2 Å². The number of rotatable bonds is 4. The average Bonchev–Trinajstić information content (AvgIpc) is 2.28. The Labute approximate surface area is 92.3 Å². The number of ketones is 1. The normalized spacial score (nSPS) is 18.0. The maximum absolute atomic E-state index is 11.3. The van der Waals surface area contributed by atoms with Crippen molar-refractivity contribution in [3.05, 3.63) is 35.9 Å². The molecule has 15 heavy (non-hydrogen) atoms. The van der Waals surface area contributed by atoms with Crippen molar-refractivity contribution in [1.29, 1.82) is 0 Å². The molecule has 0 fully saturated rings. The number of benzene rings is 1. The van der Waals surface area contributed by atoms with E-state index in [0.717, 1.165) is 0 Å². The molecule has 0 heterocycles. The Bertz CT molecular complexity index is 422. The maximum Gasteiger partial charge on any atom is 0.217 e. The SMILES string of the molecule is [2H]C(C(C)=O)C([2H])(NC(C)=O)c1ccccc1. The highest BCUT2D eigenvalue weighted by molar-refractivity contribution is 5.78. The van der Waals surface area contributed by atoms with Crippen LogP contribution < -0.4 is 5.32 Å². The molecule has 3 nitrogen and oxygen atoms in total. The predicted octanol–water partition coefficient (Wildman–Crippen LogP) is 1.84. The molecule has 0 aromatic heterocycles. The molecule has 1 rings (SSSR count). The van der Waals surface area contributed by atoms with Gasteiger partial charge in [-0.05, 0) is 12.5 Å². The van der Waals surface area contributed by atoms with Crippen LogP contribution in [0.2, 0.25) is 0 Å². The largest absolute Gasteiger partial charge is 0.349 e. The summed E-state index contributed by atoms with van der Waals surface area (Å²) in [7, 11) is 0. The first-order chi connectivity index (χ1) is 7.88. The van der Waals surface area contributed by atoms with Gasteiger partial charge in [0.2, 0.25) is 5.91 Å². The maximum atomic E-state index is 11.3. The first-order valence-corrected chi connectivity index (χ1v) is 4.65. The Morgan fingerprint density at radius 1 is 1.40 bits per heavy atom. The van der Waals surface area contributed by atoms with Crippen molar-refractivity contribution in [3.63, 3.8) is 0 Å². The van der Waals surface area contributed by atoms with Crippen LogP contribution in [0.3, 0.4) is 0 Å². The lowest BCUT2D eigenvalue weighted by Gasteiger charge is -2.16. The van der Waals surface area contributed by atoms with Gasteiger partial charge in [0.25, 0.3) is 0 Å². The summed E-state index contributed by atoms with van der Waals surface area (Å²) in [6.07, 6.45) is -1.35. The summed E-state index contributed by atoms with van der Waals surface area (Å²) < 4.78 is 15.9. The molecule has 3 heteroatoms. The van der Waals surface area contributed by atoms with Gasteiger partial charge in [0, 0.05) is 14.7 Å². The van der Waals surface area contributed by atoms with Crippen LogP contribution in [0.4, 0.5) is 0 Å². The molecule has 0 aliphatic heterocycles. The standard InChI is InChI=1S/C12H15NO2/c1-9(14)8-12(13-10(2)15)11-6-4-3-5-7-11/h3-7,12H,8H2,1-2H3,(H,13,15)/i8D,12D. The van der Waals surface area contributed by atoms with Crippen molar-refractivity contribution in [3.8, 4) is 0 Å². The van der Waals surface area contributed by atoms with Crippen molar-refractivity contribution < 1.29 is 12.3 Å². The van der Waals surface area contributed by atoms with Gasteiger partial charge in [-0.2, -0.15) is 0 Å². The number of carbonyl (C=O) groups excluding carboxylic acids is 2. The molecule has 0 saturated carbocycles. The van der Waals surface area contributed by atoms with Gasteiger partial charge in [0.05, 0.1) is 7.39 Å². The highest BCUT2D eigenvalue weighted by Gasteiger charge is 2.13. The van der Waals surface area contributed by atoms with Crippen LogP contribution in [0.1, 0.15) is 34.6 Å². The molecule has 0 bridgehead atoms. The van der Waals surface area contributed by atoms with Gasteiger partial charge in [0.1, 0.15) is 5.78 Å². The van der Waals surface area contributed by atoms with E-state index in [1.807, 2.05) is 0 Å². The van der Waals surface area contributed by atoms with Gasteiger partial charge in [-0.3, -0.25) is 9.59 Å². The molecule has 0 aliphatic rings. The minimum Gasteiger partial charge on any atom is -0.349 e. The lowest BCUT2D eigenvalue weighted by Crippen LogP contribution is -2.27. The number of carbonyl (C=O) groups is 2. The van der Waals surface area contributed by atoms with E-state index in [9.17, 15) is 9.59 Å². The second-order valence-corrected chi connectivity index (χ2v) is 3.22. The summed E-state index contributed by atoms with van der Waals surface area (Å²) in [6.45, 7) is 2.50. The minimum atomic E-state index is -1.74. The molecule has 1 N–H and O–H groups in total. The quantitative estimate of drug-likeness (QED) is 0.818. The summed E-state index contributed by atoms with van der Waals surface area (Å²) in [6, 6.07) is 6.67. The summed E-state index contributed by atoms with van der Waals surface area (Å²) in [5.41, 5.74) is 0.422.